The van der Waals surface area contributed by atoms with Crippen LogP contribution in [0.3, 0.4) is 0 Å². The van der Waals surface area contributed by atoms with Crippen molar-refractivity contribution in [3.05, 3.63) is 29.8 Å². The summed E-state index contributed by atoms with van der Waals surface area (Å²) in [4.78, 5) is 22.1. The molecule has 0 unspecified atom stereocenters. The van der Waals surface area contributed by atoms with Crippen LogP contribution in [-0.4, -0.2) is 28.7 Å². The van der Waals surface area contributed by atoms with E-state index in [9.17, 15) is 9.59 Å². The molecule has 0 aliphatic rings. The molecule has 0 aromatic heterocycles. The van der Waals surface area contributed by atoms with Gasteiger partial charge < -0.3 is 15.5 Å². The fourth-order valence-electron chi connectivity index (χ4n) is 1.49. The molecule has 3 N–H and O–H groups in total. The van der Waals surface area contributed by atoms with Gasteiger partial charge in [0.25, 0.3) is 0 Å². The number of carbonyl (C=O) groups is 2. The number of nitrogens with one attached hydrogen (secondary N) is 1. The van der Waals surface area contributed by atoms with Crippen LogP contribution in [0.5, 0.6) is 0 Å². The molecule has 0 radical (unpaired) electrons. The summed E-state index contributed by atoms with van der Waals surface area (Å²) in [7, 11) is 0. The van der Waals surface area contributed by atoms with E-state index in [0.29, 0.717) is 18.5 Å². The smallest absolute Gasteiger partial charge is 0.335 e. The van der Waals surface area contributed by atoms with Crippen molar-refractivity contribution in [2.24, 2.45) is 0 Å². The van der Waals surface area contributed by atoms with Crippen LogP contribution in [0.25, 0.3) is 0 Å². The number of unbranched alkanes of at least 4 members (excludes halogenated alkanes) is 2. The van der Waals surface area contributed by atoms with Gasteiger partial charge in [-0.05, 0) is 37.1 Å². The molecule has 0 atom stereocenters. The predicted octanol–water partition coefficient (Wildman–Crippen LogP) is 1.88. The Morgan fingerprint density at radius 3 is 2.28 bits per heavy atom. The first-order chi connectivity index (χ1) is 8.63. The monoisotopic (exact) mass is 251 g/mol. The van der Waals surface area contributed by atoms with Crippen LogP contribution >= 0.6 is 0 Å². The molecule has 0 saturated heterocycles. The van der Waals surface area contributed by atoms with E-state index in [1.165, 1.54) is 12.1 Å². The van der Waals surface area contributed by atoms with E-state index in [4.69, 9.17) is 10.2 Å². The Hall–Kier alpha value is -1.88. The molecule has 18 heavy (non-hydrogen) atoms. The zero-order chi connectivity index (χ0) is 13.4. The average Bonchev–Trinajstić information content (AvgIpc) is 2.35. The molecule has 98 valence electrons. The van der Waals surface area contributed by atoms with Crippen LogP contribution in [0.15, 0.2) is 24.3 Å². The van der Waals surface area contributed by atoms with E-state index in [2.05, 4.69) is 5.32 Å². The van der Waals surface area contributed by atoms with Gasteiger partial charge >= 0.3 is 5.97 Å². The summed E-state index contributed by atoms with van der Waals surface area (Å²) in [6.45, 7) is 0.151. The molecule has 0 bridgehead atoms. The van der Waals surface area contributed by atoms with E-state index < -0.39 is 5.97 Å². The Morgan fingerprint density at radius 2 is 1.72 bits per heavy atom. The zero-order valence-corrected chi connectivity index (χ0v) is 10.1. The molecule has 0 spiro atoms. The summed E-state index contributed by atoms with van der Waals surface area (Å²) in [6.07, 6.45) is 2.67. The van der Waals surface area contributed by atoms with Crippen molar-refractivity contribution in [1.82, 2.24) is 0 Å². The molecule has 0 aliphatic carbocycles. The SMILES string of the molecule is O=C(CCCCCO)Nc1ccc(C(=O)O)cc1. The van der Waals surface area contributed by atoms with Gasteiger partial charge in [0.1, 0.15) is 0 Å². The highest BCUT2D eigenvalue weighted by molar-refractivity contribution is 5.92. The summed E-state index contributed by atoms with van der Waals surface area (Å²) in [5.41, 5.74) is 0.781. The number of aliphatic hydroxyl groups is 1. The van der Waals surface area contributed by atoms with Crippen LogP contribution in [0.2, 0.25) is 0 Å². The fraction of sp³-hybridized carbons (Fsp3) is 0.385. The summed E-state index contributed by atoms with van der Waals surface area (Å²) in [5, 5.41) is 20.0. The fourth-order valence-corrected chi connectivity index (χ4v) is 1.49. The Kier molecular flexibility index (Phi) is 5.87. The first-order valence-corrected chi connectivity index (χ1v) is 5.87. The third kappa shape index (κ3) is 4.97. The molecule has 0 heterocycles. The number of rotatable bonds is 7. The lowest BCUT2D eigenvalue weighted by atomic mass is 10.2. The minimum atomic E-state index is -0.989. The average molecular weight is 251 g/mol. The lowest BCUT2D eigenvalue weighted by Crippen LogP contribution is -2.11. The van der Waals surface area contributed by atoms with Gasteiger partial charge in [-0.2, -0.15) is 0 Å². The highest BCUT2D eigenvalue weighted by atomic mass is 16.4. The van der Waals surface area contributed by atoms with Gasteiger partial charge in [0, 0.05) is 18.7 Å². The first kappa shape index (κ1) is 14.2. The number of hydrogen-bond donors (Lipinski definition) is 3. The number of hydrogen-bond acceptors (Lipinski definition) is 3. The van der Waals surface area contributed by atoms with Gasteiger partial charge in [-0.3, -0.25) is 4.79 Å². The molecule has 0 saturated carbocycles. The second-order valence-corrected chi connectivity index (χ2v) is 3.96. The lowest BCUT2D eigenvalue weighted by Gasteiger charge is -2.05. The first-order valence-electron chi connectivity index (χ1n) is 5.87. The molecule has 1 amide bonds. The highest BCUT2D eigenvalue weighted by Gasteiger charge is 2.04. The van der Waals surface area contributed by atoms with Gasteiger partial charge in [0.15, 0.2) is 0 Å². The van der Waals surface area contributed by atoms with Crippen LogP contribution < -0.4 is 5.32 Å². The largest absolute Gasteiger partial charge is 0.478 e. The lowest BCUT2D eigenvalue weighted by molar-refractivity contribution is -0.116. The van der Waals surface area contributed by atoms with Crippen molar-refractivity contribution in [2.75, 3.05) is 11.9 Å². The van der Waals surface area contributed by atoms with Crippen LogP contribution in [0.4, 0.5) is 5.69 Å². The molecule has 1 aromatic rings. The van der Waals surface area contributed by atoms with Gasteiger partial charge in [-0.25, -0.2) is 4.79 Å². The second kappa shape index (κ2) is 7.45. The number of carboxylic acids is 1. The minimum absolute atomic E-state index is 0.101. The molecule has 0 aliphatic heterocycles. The van der Waals surface area contributed by atoms with E-state index in [1.54, 1.807) is 12.1 Å². The summed E-state index contributed by atoms with van der Waals surface area (Å²) >= 11 is 0. The topological polar surface area (TPSA) is 86.6 Å². The summed E-state index contributed by atoms with van der Waals surface area (Å²) in [6, 6.07) is 6.03. The molecule has 1 rings (SSSR count). The van der Waals surface area contributed by atoms with Gasteiger partial charge in [0.2, 0.25) is 5.91 Å². The third-order valence-corrected chi connectivity index (χ3v) is 2.48. The van der Waals surface area contributed by atoms with Crippen molar-refractivity contribution < 1.29 is 19.8 Å². The number of aliphatic hydroxyl groups excluding tert-OH is 1. The number of benzene rings is 1. The molecular formula is C13H17NO4. The number of carbonyl (C=O) groups excluding carboxylic acids is 1. The van der Waals surface area contributed by atoms with Crippen molar-refractivity contribution in [3.8, 4) is 0 Å². The van der Waals surface area contributed by atoms with Gasteiger partial charge in [0.05, 0.1) is 5.56 Å². The molecule has 0 fully saturated rings. The van der Waals surface area contributed by atoms with Gasteiger partial charge in [-0.1, -0.05) is 6.42 Å². The van der Waals surface area contributed by atoms with Crippen molar-refractivity contribution in [1.29, 1.82) is 0 Å². The normalized spacial score (nSPS) is 10.1. The summed E-state index contributed by atoms with van der Waals surface area (Å²) in [5.74, 6) is -1.09. The molecule has 5 heteroatoms. The van der Waals surface area contributed by atoms with E-state index in [0.717, 1.165) is 12.8 Å². The second-order valence-electron chi connectivity index (χ2n) is 3.96. The molecule has 5 nitrogen and oxygen atoms in total. The van der Waals surface area contributed by atoms with Crippen LogP contribution in [0, 0.1) is 0 Å². The Labute approximate surface area is 105 Å². The van der Waals surface area contributed by atoms with Crippen LogP contribution in [-0.2, 0) is 4.79 Å². The number of aromatic carboxylic acids is 1. The Bertz CT molecular complexity index is 400. The predicted molar refractivity (Wildman–Crippen MR) is 67.6 cm³/mol. The van der Waals surface area contributed by atoms with E-state index >= 15 is 0 Å². The van der Waals surface area contributed by atoms with Crippen molar-refractivity contribution >= 4 is 17.6 Å². The standard InChI is InChI=1S/C13H17NO4/c15-9-3-1-2-4-12(16)14-11-7-5-10(6-8-11)13(17)18/h5-8,15H,1-4,9H2,(H,14,16)(H,17,18). The number of amides is 1. The van der Waals surface area contributed by atoms with Gasteiger partial charge in [-0.15, -0.1) is 0 Å². The maximum absolute atomic E-state index is 11.5. The van der Waals surface area contributed by atoms with E-state index in [1.807, 2.05) is 0 Å². The number of carboxylic acid groups (broad SMARTS) is 1. The maximum Gasteiger partial charge on any atom is 0.335 e. The summed E-state index contributed by atoms with van der Waals surface area (Å²) < 4.78 is 0. The molecular weight excluding hydrogens is 234 g/mol. The quantitative estimate of drug-likeness (QED) is 0.646. The third-order valence-electron chi connectivity index (χ3n) is 2.48. The van der Waals surface area contributed by atoms with E-state index in [-0.39, 0.29) is 18.1 Å². The molecule has 1 aromatic carbocycles. The van der Waals surface area contributed by atoms with Crippen molar-refractivity contribution in [3.63, 3.8) is 0 Å². The van der Waals surface area contributed by atoms with Crippen LogP contribution in [0.1, 0.15) is 36.0 Å². The zero-order valence-electron chi connectivity index (χ0n) is 10.1. The van der Waals surface area contributed by atoms with Crippen molar-refractivity contribution in [2.45, 2.75) is 25.7 Å². The highest BCUT2D eigenvalue weighted by Crippen LogP contribution is 2.10. The maximum atomic E-state index is 11.5. The Balaban J connectivity index is 2.37. The Morgan fingerprint density at radius 1 is 1.06 bits per heavy atom. The number of anilines is 1. The minimum Gasteiger partial charge on any atom is -0.478 e.